The molecule has 0 saturated heterocycles. The molecule has 0 spiro atoms. The molecule has 0 radical (unpaired) electrons. The van der Waals surface area contributed by atoms with Gasteiger partial charge in [0.05, 0.1) is 17.5 Å². The summed E-state index contributed by atoms with van der Waals surface area (Å²) in [5.74, 6) is 0.349. The van der Waals surface area contributed by atoms with E-state index in [0.29, 0.717) is 22.3 Å². The molecule has 0 atom stereocenters. The number of benzene rings is 2. The zero-order valence-corrected chi connectivity index (χ0v) is 12.5. The number of ether oxygens (including phenoxy) is 1. The molecule has 23 heavy (non-hydrogen) atoms. The van der Waals surface area contributed by atoms with Gasteiger partial charge >= 0.3 is 6.09 Å². The molecule has 6 nitrogen and oxygen atoms in total. The number of hydrogen-bond donors (Lipinski definition) is 1. The van der Waals surface area contributed by atoms with Crippen molar-refractivity contribution in [2.75, 3.05) is 12.0 Å². The predicted octanol–water partition coefficient (Wildman–Crippen LogP) is 2.76. The molecule has 116 valence electrons. The topological polar surface area (TPSA) is 73.2 Å². The summed E-state index contributed by atoms with van der Waals surface area (Å²) >= 11 is 0. The van der Waals surface area contributed by atoms with Crippen molar-refractivity contribution in [2.24, 2.45) is 0 Å². The smallest absolute Gasteiger partial charge is 0.426 e. The Kier molecular flexibility index (Phi) is 4.05. The van der Waals surface area contributed by atoms with Crippen molar-refractivity contribution in [3.05, 3.63) is 65.0 Å². The van der Waals surface area contributed by atoms with Crippen LogP contribution in [0.25, 0.3) is 22.3 Å². The number of para-hydroxylation sites is 1. The predicted molar refractivity (Wildman–Crippen MR) is 87.8 cm³/mol. The molecular weight excluding hydrogens is 294 g/mol. The molecular formula is C17H15N3O3. The monoisotopic (exact) mass is 309 g/mol. The SMILES string of the molecule is CCOC(=O)Nn1c(-c2ccccc2)nc2ccccc2c1=O. The van der Waals surface area contributed by atoms with Crippen molar-refractivity contribution in [2.45, 2.75) is 6.92 Å². The summed E-state index contributed by atoms with van der Waals surface area (Å²) in [7, 11) is 0. The summed E-state index contributed by atoms with van der Waals surface area (Å²) in [6.45, 7) is 1.90. The zero-order chi connectivity index (χ0) is 16.2. The van der Waals surface area contributed by atoms with Gasteiger partial charge in [-0.25, -0.2) is 15.2 Å². The van der Waals surface area contributed by atoms with Crippen molar-refractivity contribution in [1.29, 1.82) is 0 Å². The number of fused-ring (bicyclic) bond motifs is 1. The van der Waals surface area contributed by atoms with Crippen LogP contribution in [0.1, 0.15) is 6.92 Å². The minimum atomic E-state index is -0.705. The van der Waals surface area contributed by atoms with Crippen LogP contribution in [0.15, 0.2) is 59.4 Å². The first-order valence-electron chi connectivity index (χ1n) is 7.21. The molecule has 0 aliphatic heterocycles. The lowest BCUT2D eigenvalue weighted by atomic mass is 10.2. The highest BCUT2D eigenvalue weighted by atomic mass is 16.6. The van der Waals surface area contributed by atoms with Gasteiger partial charge in [-0.1, -0.05) is 42.5 Å². The van der Waals surface area contributed by atoms with E-state index in [1.54, 1.807) is 25.1 Å². The maximum absolute atomic E-state index is 12.7. The Morgan fingerprint density at radius 2 is 1.83 bits per heavy atom. The molecule has 0 unspecified atom stereocenters. The highest BCUT2D eigenvalue weighted by Crippen LogP contribution is 2.17. The van der Waals surface area contributed by atoms with Crippen LogP contribution in [0.3, 0.4) is 0 Å². The first-order chi connectivity index (χ1) is 11.2. The molecule has 1 heterocycles. The summed E-state index contributed by atoms with van der Waals surface area (Å²) in [5.41, 5.74) is 3.37. The minimum absolute atomic E-state index is 0.211. The molecule has 0 aliphatic carbocycles. The number of carbonyl (C=O) groups is 1. The van der Waals surface area contributed by atoms with E-state index >= 15 is 0 Å². The average Bonchev–Trinajstić information content (AvgIpc) is 2.58. The third-order valence-electron chi connectivity index (χ3n) is 3.29. The van der Waals surface area contributed by atoms with E-state index in [0.717, 1.165) is 4.68 Å². The summed E-state index contributed by atoms with van der Waals surface area (Å²) in [6, 6.07) is 16.2. The Labute approximate surface area is 132 Å². The van der Waals surface area contributed by atoms with Crippen LogP contribution in [0.5, 0.6) is 0 Å². The van der Waals surface area contributed by atoms with Crippen LogP contribution in [-0.2, 0) is 4.74 Å². The van der Waals surface area contributed by atoms with Crippen LogP contribution in [0, 0.1) is 0 Å². The fourth-order valence-corrected chi connectivity index (χ4v) is 2.27. The molecule has 0 bridgehead atoms. The number of amides is 1. The first-order valence-corrected chi connectivity index (χ1v) is 7.21. The van der Waals surface area contributed by atoms with Crippen molar-refractivity contribution in [1.82, 2.24) is 9.66 Å². The number of nitrogens with one attached hydrogen (secondary N) is 1. The number of nitrogens with zero attached hydrogens (tertiary/aromatic N) is 2. The van der Waals surface area contributed by atoms with Gasteiger partial charge in [-0.05, 0) is 19.1 Å². The second-order valence-electron chi connectivity index (χ2n) is 4.79. The maximum Gasteiger partial charge on any atom is 0.426 e. The van der Waals surface area contributed by atoms with Crippen molar-refractivity contribution >= 4 is 17.0 Å². The van der Waals surface area contributed by atoms with E-state index < -0.39 is 6.09 Å². The lowest BCUT2D eigenvalue weighted by molar-refractivity contribution is 0.164. The fraction of sp³-hybridized carbons (Fsp3) is 0.118. The molecule has 3 rings (SSSR count). The lowest BCUT2D eigenvalue weighted by Crippen LogP contribution is -2.35. The Balaban J connectivity index is 2.23. The van der Waals surface area contributed by atoms with Crippen molar-refractivity contribution < 1.29 is 9.53 Å². The molecule has 0 aliphatic rings. The first kappa shape index (κ1) is 14.8. The van der Waals surface area contributed by atoms with E-state index in [2.05, 4.69) is 10.4 Å². The second kappa shape index (κ2) is 6.31. The lowest BCUT2D eigenvalue weighted by Gasteiger charge is -2.14. The van der Waals surface area contributed by atoms with Gasteiger partial charge in [0.2, 0.25) is 0 Å². The molecule has 6 heteroatoms. The third-order valence-corrected chi connectivity index (χ3v) is 3.29. The number of carbonyl (C=O) groups excluding carboxylic acids is 1. The van der Waals surface area contributed by atoms with Gasteiger partial charge in [-0.3, -0.25) is 4.79 Å². The van der Waals surface area contributed by atoms with Crippen molar-refractivity contribution in [3.63, 3.8) is 0 Å². The highest BCUT2D eigenvalue weighted by molar-refractivity contribution is 5.82. The van der Waals surface area contributed by atoms with E-state index in [9.17, 15) is 9.59 Å². The minimum Gasteiger partial charge on any atom is -0.449 e. The number of rotatable bonds is 3. The molecule has 1 amide bonds. The van der Waals surface area contributed by atoms with Crippen LogP contribution in [0.2, 0.25) is 0 Å². The quantitative estimate of drug-likeness (QED) is 0.807. The van der Waals surface area contributed by atoms with Gasteiger partial charge in [0.15, 0.2) is 5.82 Å². The molecule has 1 N–H and O–H groups in total. The van der Waals surface area contributed by atoms with E-state index in [-0.39, 0.29) is 12.2 Å². The number of hydrogen-bond acceptors (Lipinski definition) is 4. The van der Waals surface area contributed by atoms with Crippen LogP contribution in [-0.4, -0.2) is 22.4 Å². The van der Waals surface area contributed by atoms with Gasteiger partial charge in [-0.2, -0.15) is 4.68 Å². The van der Waals surface area contributed by atoms with Gasteiger partial charge in [0.25, 0.3) is 5.56 Å². The van der Waals surface area contributed by atoms with E-state index in [1.807, 2.05) is 36.4 Å². The Morgan fingerprint density at radius 3 is 2.57 bits per heavy atom. The third kappa shape index (κ3) is 2.91. The molecule has 0 fully saturated rings. The fourth-order valence-electron chi connectivity index (χ4n) is 2.27. The van der Waals surface area contributed by atoms with Gasteiger partial charge < -0.3 is 4.74 Å². The van der Waals surface area contributed by atoms with Crippen molar-refractivity contribution in [3.8, 4) is 11.4 Å². The van der Waals surface area contributed by atoms with Gasteiger partial charge in [-0.15, -0.1) is 0 Å². The largest absolute Gasteiger partial charge is 0.449 e. The zero-order valence-electron chi connectivity index (χ0n) is 12.5. The summed E-state index contributed by atoms with van der Waals surface area (Å²) in [6.07, 6.45) is -0.705. The number of aromatic nitrogens is 2. The molecule has 1 aromatic heterocycles. The summed E-state index contributed by atoms with van der Waals surface area (Å²) in [4.78, 5) is 29.0. The summed E-state index contributed by atoms with van der Waals surface area (Å²) in [5, 5.41) is 0.420. The normalized spacial score (nSPS) is 10.5. The van der Waals surface area contributed by atoms with Gasteiger partial charge in [0, 0.05) is 5.56 Å². The van der Waals surface area contributed by atoms with E-state index in [4.69, 9.17) is 4.74 Å². The Bertz CT molecular complexity index is 904. The van der Waals surface area contributed by atoms with Crippen LogP contribution < -0.4 is 11.0 Å². The maximum atomic E-state index is 12.7. The highest BCUT2D eigenvalue weighted by Gasteiger charge is 2.14. The van der Waals surface area contributed by atoms with Crippen LogP contribution in [0.4, 0.5) is 4.79 Å². The van der Waals surface area contributed by atoms with Crippen LogP contribution >= 0.6 is 0 Å². The average molecular weight is 309 g/mol. The standard InChI is InChI=1S/C17H15N3O3/c1-2-23-17(22)19-20-15(12-8-4-3-5-9-12)18-14-11-7-6-10-13(14)16(20)21/h3-11H,2H2,1H3,(H,19,22). The Hall–Kier alpha value is -3.15. The molecule has 2 aromatic carbocycles. The van der Waals surface area contributed by atoms with Gasteiger partial charge in [0.1, 0.15) is 0 Å². The molecule has 0 saturated carbocycles. The van der Waals surface area contributed by atoms with E-state index in [1.165, 1.54) is 0 Å². The second-order valence-corrected chi connectivity index (χ2v) is 4.79. The summed E-state index contributed by atoms with van der Waals surface area (Å²) < 4.78 is 5.99. The Morgan fingerprint density at radius 1 is 1.13 bits per heavy atom. The molecule has 3 aromatic rings.